The molecule has 1 unspecified atom stereocenters. The molecule has 74 valence electrons. The van der Waals surface area contributed by atoms with E-state index in [2.05, 4.69) is 4.74 Å². The molecule has 1 heterocycles. The van der Waals surface area contributed by atoms with Gasteiger partial charge in [-0.1, -0.05) is 13.8 Å². The number of rotatable bonds is 0. The molecule has 0 aromatic carbocycles. The fourth-order valence-corrected chi connectivity index (χ4v) is 0.976. The van der Waals surface area contributed by atoms with Gasteiger partial charge in [0.25, 0.3) is 0 Å². The van der Waals surface area contributed by atoms with Crippen molar-refractivity contribution in [2.75, 3.05) is 6.61 Å². The summed E-state index contributed by atoms with van der Waals surface area (Å²) in [5, 5.41) is 8.86. The smallest absolute Gasteiger partial charge is 0.358 e. The van der Waals surface area contributed by atoms with Crippen molar-refractivity contribution in [2.45, 2.75) is 45.3 Å². The molecule has 1 fully saturated rings. The third-order valence-corrected chi connectivity index (χ3v) is 1.47. The molecule has 1 aliphatic rings. The van der Waals surface area contributed by atoms with E-state index in [9.17, 15) is 8.78 Å². The molecule has 0 spiro atoms. The summed E-state index contributed by atoms with van der Waals surface area (Å²) in [5.41, 5.74) is 0. The summed E-state index contributed by atoms with van der Waals surface area (Å²) in [6.45, 7) is 4.05. The molecular weight excluding hydrogens is 166 g/mol. The molecule has 0 saturated carbocycles. The fraction of sp³-hybridized carbons (Fsp3) is 1.00. The fourth-order valence-electron chi connectivity index (χ4n) is 0.976. The second-order valence-corrected chi connectivity index (χ2v) is 2.49. The lowest BCUT2D eigenvalue weighted by Gasteiger charge is -2.14. The Morgan fingerprint density at radius 3 is 2.58 bits per heavy atom. The van der Waals surface area contributed by atoms with Crippen LogP contribution in [0.1, 0.15) is 33.1 Å². The Labute approximate surface area is 71.5 Å². The van der Waals surface area contributed by atoms with Crippen molar-refractivity contribution in [1.29, 1.82) is 0 Å². The van der Waals surface area contributed by atoms with Gasteiger partial charge in [0.2, 0.25) is 0 Å². The molecule has 0 amide bonds. The van der Waals surface area contributed by atoms with Crippen LogP contribution in [0.25, 0.3) is 0 Å². The summed E-state index contributed by atoms with van der Waals surface area (Å²) in [4.78, 5) is 0. The Morgan fingerprint density at radius 1 is 1.42 bits per heavy atom. The first-order valence-electron chi connectivity index (χ1n) is 4.30. The number of alkyl halides is 2. The molecule has 1 N–H and O–H groups in total. The summed E-state index contributed by atoms with van der Waals surface area (Å²) in [6.07, 6.45) is -3.66. The number of hydrogen-bond donors (Lipinski definition) is 1. The summed E-state index contributed by atoms with van der Waals surface area (Å²) in [6, 6.07) is 0. The lowest BCUT2D eigenvalue weighted by Crippen LogP contribution is -2.23. The molecule has 2 nitrogen and oxygen atoms in total. The van der Waals surface area contributed by atoms with Gasteiger partial charge in [0.1, 0.15) is 0 Å². The molecule has 0 aliphatic carbocycles. The van der Waals surface area contributed by atoms with Crippen molar-refractivity contribution in [1.82, 2.24) is 0 Å². The topological polar surface area (TPSA) is 29.5 Å². The van der Waals surface area contributed by atoms with Gasteiger partial charge < -0.3 is 9.84 Å². The van der Waals surface area contributed by atoms with Crippen molar-refractivity contribution in [3.05, 3.63) is 0 Å². The van der Waals surface area contributed by atoms with Crippen LogP contribution in [-0.2, 0) is 4.74 Å². The second kappa shape index (κ2) is 5.43. The van der Waals surface area contributed by atoms with Crippen LogP contribution in [0.2, 0.25) is 0 Å². The van der Waals surface area contributed by atoms with E-state index in [0.717, 1.165) is 0 Å². The molecule has 0 radical (unpaired) electrons. The third-order valence-electron chi connectivity index (χ3n) is 1.47. The van der Waals surface area contributed by atoms with Gasteiger partial charge >= 0.3 is 6.11 Å². The van der Waals surface area contributed by atoms with Crippen molar-refractivity contribution >= 4 is 0 Å². The molecule has 0 aromatic heterocycles. The summed E-state index contributed by atoms with van der Waals surface area (Å²) in [7, 11) is 0. The van der Waals surface area contributed by atoms with Gasteiger partial charge in [0, 0.05) is 0 Å². The monoisotopic (exact) mass is 182 g/mol. The first kappa shape index (κ1) is 11.8. The molecule has 1 atom stereocenters. The van der Waals surface area contributed by atoms with E-state index in [1.165, 1.54) is 0 Å². The minimum Gasteiger partial charge on any atom is -0.393 e. The SMILES string of the molecule is CC.OC1CCCOC(F)(F)C1. The van der Waals surface area contributed by atoms with Crippen molar-refractivity contribution in [3.8, 4) is 0 Å². The maximum absolute atomic E-state index is 12.3. The first-order valence-corrected chi connectivity index (χ1v) is 4.30. The van der Waals surface area contributed by atoms with Gasteiger partial charge in [-0.25, -0.2) is 0 Å². The van der Waals surface area contributed by atoms with E-state index in [-0.39, 0.29) is 6.61 Å². The number of aliphatic hydroxyl groups excluding tert-OH is 1. The highest BCUT2D eigenvalue weighted by Gasteiger charge is 2.34. The van der Waals surface area contributed by atoms with E-state index < -0.39 is 18.6 Å². The van der Waals surface area contributed by atoms with Crippen LogP contribution in [0.4, 0.5) is 8.78 Å². The zero-order valence-electron chi connectivity index (χ0n) is 7.52. The highest BCUT2D eigenvalue weighted by molar-refractivity contribution is 4.66. The number of hydrogen-bond acceptors (Lipinski definition) is 2. The van der Waals surface area contributed by atoms with Gasteiger partial charge in [-0.05, 0) is 12.8 Å². The van der Waals surface area contributed by atoms with Crippen LogP contribution in [-0.4, -0.2) is 23.9 Å². The van der Waals surface area contributed by atoms with Crippen molar-refractivity contribution < 1.29 is 18.6 Å². The van der Waals surface area contributed by atoms with Gasteiger partial charge in [-0.3, -0.25) is 0 Å². The molecule has 1 aliphatic heterocycles. The third kappa shape index (κ3) is 4.62. The molecule has 4 heteroatoms. The molecular formula is C8H16F2O2. The normalized spacial score (nSPS) is 28.2. The predicted octanol–water partition coefficient (Wildman–Crippen LogP) is 2.17. The van der Waals surface area contributed by atoms with Gasteiger partial charge in [-0.2, -0.15) is 8.78 Å². The van der Waals surface area contributed by atoms with Crippen molar-refractivity contribution in [3.63, 3.8) is 0 Å². The predicted molar refractivity (Wildman–Crippen MR) is 42.1 cm³/mol. The molecule has 1 rings (SSSR count). The Kier molecular flexibility index (Phi) is 5.33. The van der Waals surface area contributed by atoms with E-state index in [1.54, 1.807) is 0 Å². The standard InChI is InChI=1S/C6H10F2O2.C2H6/c7-6(8)4-5(9)2-1-3-10-6;1-2/h5,9H,1-4H2;1-2H3. The zero-order valence-corrected chi connectivity index (χ0v) is 7.52. The van der Waals surface area contributed by atoms with Crippen molar-refractivity contribution in [2.24, 2.45) is 0 Å². The lowest BCUT2D eigenvalue weighted by molar-refractivity contribution is -0.243. The van der Waals surface area contributed by atoms with Gasteiger partial charge in [0.05, 0.1) is 19.1 Å². The quantitative estimate of drug-likeness (QED) is 0.622. The Morgan fingerprint density at radius 2 is 2.00 bits per heavy atom. The Balaban J connectivity index is 0.000000561. The van der Waals surface area contributed by atoms with Crippen LogP contribution < -0.4 is 0 Å². The van der Waals surface area contributed by atoms with Crippen LogP contribution in [0.5, 0.6) is 0 Å². The van der Waals surface area contributed by atoms with E-state index >= 15 is 0 Å². The summed E-state index contributed by atoms with van der Waals surface area (Å²) < 4.78 is 28.8. The Hall–Kier alpha value is -0.220. The average Bonchev–Trinajstić information content (AvgIpc) is 2.14. The van der Waals surface area contributed by atoms with Crippen LogP contribution >= 0.6 is 0 Å². The Bertz CT molecular complexity index is 118. The summed E-state index contributed by atoms with van der Waals surface area (Å²) >= 11 is 0. The number of halogens is 2. The largest absolute Gasteiger partial charge is 0.393 e. The van der Waals surface area contributed by atoms with E-state index in [1.807, 2.05) is 13.8 Å². The number of aliphatic hydroxyl groups is 1. The summed E-state index contributed by atoms with van der Waals surface area (Å²) in [5.74, 6) is 0. The second-order valence-electron chi connectivity index (χ2n) is 2.49. The molecule has 0 aromatic rings. The maximum Gasteiger partial charge on any atom is 0.358 e. The zero-order chi connectivity index (χ0) is 9.61. The van der Waals surface area contributed by atoms with Crippen LogP contribution in [0.3, 0.4) is 0 Å². The van der Waals surface area contributed by atoms with E-state index in [4.69, 9.17) is 5.11 Å². The van der Waals surface area contributed by atoms with Gasteiger partial charge in [0.15, 0.2) is 0 Å². The average molecular weight is 182 g/mol. The van der Waals surface area contributed by atoms with E-state index in [0.29, 0.717) is 12.8 Å². The maximum atomic E-state index is 12.3. The highest BCUT2D eigenvalue weighted by atomic mass is 19.3. The minimum absolute atomic E-state index is 0.0457. The highest BCUT2D eigenvalue weighted by Crippen LogP contribution is 2.26. The minimum atomic E-state index is -3.12. The van der Waals surface area contributed by atoms with Crippen LogP contribution in [0.15, 0.2) is 0 Å². The van der Waals surface area contributed by atoms with Crippen LogP contribution in [0, 0.1) is 0 Å². The lowest BCUT2D eigenvalue weighted by atomic mass is 10.1. The number of ether oxygens (including phenoxy) is 1. The first-order chi connectivity index (χ1) is 5.60. The molecule has 1 saturated heterocycles. The van der Waals surface area contributed by atoms with Gasteiger partial charge in [-0.15, -0.1) is 0 Å². The molecule has 0 bridgehead atoms. The molecule has 12 heavy (non-hydrogen) atoms.